The lowest BCUT2D eigenvalue weighted by molar-refractivity contribution is 0.0856. The summed E-state index contributed by atoms with van der Waals surface area (Å²) < 4.78 is 0. The number of nitrogens with two attached hydrogens (primary N) is 1. The molecule has 0 atom stereocenters. The molecule has 1 aromatic heterocycles. The van der Waals surface area contributed by atoms with Crippen LogP contribution in [-0.2, 0) is 6.54 Å². The molecule has 1 aliphatic heterocycles. The Morgan fingerprint density at radius 3 is 2.72 bits per heavy atom. The first-order chi connectivity index (χ1) is 19.0. The van der Waals surface area contributed by atoms with Gasteiger partial charge in [0.1, 0.15) is 5.84 Å². The number of rotatable bonds is 8. The second-order valence-electron chi connectivity index (χ2n) is 10.9. The van der Waals surface area contributed by atoms with Crippen LogP contribution in [-0.4, -0.2) is 41.7 Å². The summed E-state index contributed by atoms with van der Waals surface area (Å²) in [4.78, 5) is 14.7. The van der Waals surface area contributed by atoms with E-state index in [2.05, 4.69) is 57.8 Å². The maximum atomic E-state index is 7.55. The lowest BCUT2D eigenvalue weighted by atomic mass is 9.69. The van der Waals surface area contributed by atoms with Crippen LogP contribution in [0, 0.1) is 10.8 Å². The third kappa shape index (κ3) is 6.14. The second-order valence-corrected chi connectivity index (χ2v) is 10.9. The summed E-state index contributed by atoms with van der Waals surface area (Å²) in [6.45, 7) is 10.8. The predicted octanol–water partition coefficient (Wildman–Crippen LogP) is 6.99. The van der Waals surface area contributed by atoms with Crippen LogP contribution in [0.1, 0.15) is 61.8 Å². The van der Waals surface area contributed by atoms with E-state index in [-0.39, 0.29) is 0 Å². The molecule has 0 radical (unpaired) electrons. The molecule has 39 heavy (non-hydrogen) atoms. The Hall–Kier alpha value is -4.13. The number of H-pyrrole nitrogens is 1. The highest BCUT2D eigenvalue weighted by molar-refractivity contribution is 6.04. The Morgan fingerprint density at radius 1 is 1.10 bits per heavy atom. The maximum Gasteiger partial charge on any atom is 0.127 e. The number of aromatic nitrogens is 1. The van der Waals surface area contributed by atoms with Gasteiger partial charge in [-0.25, -0.2) is 0 Å². The van der Waals surface area contributed by atoms with Gasteiger partial charge in [0.2, 0.25) is 0 Å². The van der Waals surface area contributed by atoms with E-state index in [9.17, 15) is 0 Å². The number of nitrogens with zero attached hydrogens (tertiary/aromatic N) is 3. The number of aliphatic imine (C=N–C) groups is 2. The molecule has 0 unspecified atom stereocenters. The van der Waals surface area contributed by atoms with Gasteiger partial charge in [-0.15, -0.1) is 0 Å². The highest BCUT2D eigenvalue weighted by Crippen LogP contribution is 2.44. The average Bonchev–Trinajstić information content (AvgIpc) is 3.39. The van der Waals surface area contributed by atoms with E-state index in [1.807, 2.05) is 12.1 Å². The number of nitrogens with one attached hydrogen (secondary N) is 3. The van der Waals surface area contributed by atoms with Crippen molar-refractivity contribution >= 4 is 46.7 Å². The Balaban J connectivity index is 1.31. The highest BCUT2D eigenvalue weighted by atomic mass is 15.2. The topological polar surface area (TPSA) is 106 Å². The zero-order valence-electron chi connectivity index (χ0n) is 22.7. The number of likely N-dealkylation sites (tertiary alicyclic amines) is 1. The monoisotopic (exact) mass is 521 g/mol. The average molecular weight is 522 g/mol. The van der Waals surface area contributed by atoms with Crippen molar-refractivity contribution in [3.8, 4) is 0 Å². The van der Waals surface area contributed by atoms with Gasteiger partial charge in [0.25, 0.3) is 0 Å². The van der Waals surface area contributed by atoms with E-state index in [1.165, 1.54) is 56.5 Å². The molecule has 1 spiro atoms. The molecule has 202 valence electrons. The van der Waals surface area contributed by atoms with E-state index >= 15 is 0 Å². The summed E-state index contributed by atoms with van der Waals surface area (Å²) in [5.41, 5.74) is 12.8. The smallest absolute Gasteiger partial charge is 0.127 e. The molecule has 5 N–H and O–H groups in total. The number of amidine groups is 1. The number of piperidine rings is 1. The molecule has 1 saturated carbocycles. The van der Waals surface area contributed by atoms with Gasteiger partial charge in [-0.3, -0.25) is 9.98 Å². The first kappa shape index (κ1) is 26.5. The fraction of sp³-hybridized carbons (Fsp3) is 0.344. The van der Waals surface area contributed by atoms with Crippen molar-refractivity contribution in [1.82, 2.24) is 9.88 Å². The normalized spacial score (nSPS) is 17.5. The van der Waals surface area contributed by atoms with Crippen LogP contribution in [0.4, 0.5) is 11.4 Å². The minimum atomic E-state index is 0.491. The van der Waals surface area contributed by atoms with Crippen molar-refractivity contribution in [2.45, 2.75) is 51.5 Å². The molecule has 2 fully saturated rings. The van der Waals surface area contributed by atoms with Gasteiger partial charge < -0.3 is 26.3 Å². The van der Waals surface area contributed by atoms with Crippen LogP contribution >= 0.6 is 0 Å². The molecule has 0 amide bonds. The molecule has 2 aromatic carbocycles. The van der Waals surface area contributed by atoms with Crippen LogP contribution < -0.4 is 11.1 Å². The van der Waals surface area contributed by atoms with Crippen molar-refractivity contribution in [3.63, 3.8) is 0 Å². The fourth-order valence-electron chi connectivity index (χ4n) is 6.11. The zero-order chi connectivity index (χ0) is 27.2. The molecule has 1 saturated heterocycles. The third-order valence-corrected chi connectivity index (χ3v) is 8.24. The second kappa shape index (κ2) is 11.7. The number of hydrogen-bond donors (Lipinski definition) is 4. The lowest BCUT2D eigenvalue weighted by Crippen LogP contribution is -2.43. The minimum absolute atomic E-state index is 0.491. The number of fused-ring (bicyclic) bond motifs is 1. The third-order valence-electron chi connectivity index (χ3n) is 8.24. The van der Waals surface area contributed by atoms with E-state index in [0.29, 0.717) is 29.0 Å². The number of benzene rings is 2. The Kier molecular flexibility index (Phi) is 7.96. The Morgan fingerprint density at radius 2 is 1.92 bits per heavy atom. The van der Waals surface area contributed by atoms with Gasteiger partial charge >= 0.3 is 0 Å². The highest BCUT2D eigenvalue weighted by Gasteiger charge is 2.37. The van der Waals surface area contributed by atoms with Crippen LogP contribution in [0.25, 0.3) is 16.6 Å². The molecule has 1 aliphatic carbocycles. The number of aromatic amines is 1. The van der Waals surface area contributed by atoms with Gasteiger partial charge in [0.05, 0.1) is 17.9 Å². The molecular formula is C32H39N7. The number of nitrogen functional groups attached to an aromatic ring is 1. The van der Waals surface area contributed by atoms with Gasteiger partial charge in [0.15, 0.2) is 0 Å². The van der Waals surface area contributed by atoms with Crippen molar-refractivity contribution in [2.75, 3.05) is 24.1 Å². The van der Waals surface area contributed by atoms with Crippen LogP contribution in [0.2, 0.25) is 0 Å². The molecule has 2 heterocycles. The van der Waals surface area contributed by atoms with E-state index in [0.717, 1.165) is 41.2 Å². The predicted molar refractivity (Wildman–Crippen MR) is 166 cm³/mol. The summed E-state index contributed by atoms with van der Waals surface area (Å²) in [6.07, 6.45) is 14.1. The van der Waals surface area contributed by atoms with Gasteiger partial charge in [-0.2, -0.15) is 0 Å². The standard InChI is InChI=1S/C32H39N7/c1-23(39-16-6-14-32(22-39)12-4-3-5-13-32)29-19-25-8-7-24(17-30(25)38-29)21-36-31(11-15-35-2)37-27-9-10-28(34)26(18-27)20-33/h7-11,15,17-20,33,38H,1-6,12-14,16,21-22,34H2,(H,36,37)/b15-11-,33-20?. The molecule has 5 rings (SSSR count). The lowest BCUT2D eigenvalue weighted by Gasteiger charge is -2.46. The van der Waals surface area contributed by atoms with Crippen molar-refractivity contribution in [2.24, 2.45) is 15.4 Å². The molecule has 7 heteroatoms. The summed E-state index contributed by atoms with van der Waals surface area (Å²) in [5.74, 6) is 0.644. The quantitative estimate of drug-likeness (QED) is 0.146. The van der Waals surface area contributed by atoms with Gasteiger partial charge in [-0.05, 0) is 79.8 Å². The van der Waals surface area contributed by atoms with Crippen LogP contribution in [0.3, 0.4) is 0 Å². The molecule has 3 aromatic rings. The van der Waals surface area contributed by atoms with Crippen molar-refractivity contribution in [1.29, 1.82) is 5.41 Å². The number of anilines is 2. The fourth-order valence-corrected chi connectivity index (χ4v) is 6.11. The van der Waals surface area contributed by atoms with E-state index in [4.69, 9.17) is 16.1 Å². The molecule has 7 nitrogen and oxygen atoms in total. The Labute approximate surface area is 231 Å². The van der Waals surface area contributed by atoms with Crippen LogP contribution in [0.5, 0.6) is 0 Å². The van der Waals surface area contributed by atoms with E-state index < -0.39 is 0 Å². The SMILES string of the molecule is C=N/C=C\C(=N/Cc1ccc2cc(C(=C)N3CCCC4(CCCCC4)C3)[nH]c2c1)Nc1ccc(N)c(C=N)c1. The van der Waals surface area contributed by atoms with Crippen molar-refractivity contribution in [3.05, 3.63) is 78.1 Å². The number of hydrogen-bond acceptors (Lipinski definition) is 5. The minimum Gasteiger partial charge on any atom is -0.398 e. The maximum absolute atomic E-state index is 7.55. The molecule has 0 bridgehead atoms. The zero-order valence-corrected chi connectivity index (χ0v) is 22.7. The van der Waals surface area contributed by atoms with Crippen LogP contribution in [0.15, 0.2) is 71.3 Å². The summed E-state index contributed by atoms with van der Waals surface area (Å²) in [5, 5.41) is 12.0. The molecule has 2 aliphatic rings. The molecular weight excluding hydrogens is 482 g/mol. The van der Waals surface area contributed by atoms with Gasteiger partial charge in [0, 0.05) is 53.3 Å². The van der Waals surface area contributed by atoms with E-state index in [1.54, 1.807) is 18.3 Å². The summed E-state index contributed by atoms with van der Waals surface area (Å²) in [7, 11) is 0. The first-order valence-electron chi connectivity index (χ1n) is 13.9. The Bertz CT molecular complexity index is 1420. The first-order valence-corrected chi connectivity index (χ1v) is 13.9. The summed E-state index contributed by atoms with van der Waals surface area (Å²) in [6, 6.07) is 14.1. The van der Waals surface area contributed by atoms with Crippen molar-refractivity contribution < 1.29 is 0 Å². The largest absolute Gasteiger partial charge is 0.398 e. The van der Waals surface area contributed by atoms with Gasteiger partial charge in [-0.1, -0.05) is 38.0 Å². The summed E-state index contributed by atoms with van der Waals surface area (Å²) >= 11 is 0.